The number of halogens is 2. The van der Waals surface area contributed by atoms with Gasteiger partial charge in [-0.15, -0.1) is 5.10 Å². The fourth-order valence-electron chi connectivity index (χ4n) is 3.25. The highest BCUT2D eigenvalue weighted by Gasteiger charge is 2.24. The van der Waals surface area contributed by atoms with E-state index in [2.05, 4.69) is 15.2 Å². The summed E-state index contributed by atoms with van der Waals surface area (Å²) in [7, 11) is 1.87. The third-order valence-electron chi connectivity index (χ3n) is 4.67. The van der Waals surface area contributed by atoms with Crippen molar-refractivity contribution in [3.8, 4) is 5.69 Å². The summed E-state index contributed by atoms with van der Waals surface area (Å²) >= 11 is 12.3. The van der Waals surface area contributed by atoms with Gasteiger partial charge in [0.15, 0.2) is 0 Å². The Labute approximate surface area is 162 Å². The van der Waals surface area contributed by atoms with E-state index in [-0.39, 0.29) is 6.54 Å². The van der Waals surface area contributed by atoms with Crippen LogP contribution in [0.4, 0.5) is 0 Å². The van der Waals surface area contributed by atoms with Crippen LogP contribution < -0.4 is 0 Å². The average molecular weight is 398 g/mol. The fourth-order valence-corrected chi connectivity index (χ4v) is 3.63. The lowest BCUT2D eigenvalue weighted by molar-refractivity contribution is -0.138. The highest BCUT2D eigenvalue weighted by molar-refractivity contribution is 6.43. The third-order valence-corrected chi connectivity index (χ3v) is 5.48. The first-order valence-electron chi connectivity index (χ1n) is 8.44. The first-order valence-corrected chi connectivity index (χ1v) is 9.19. The molecule has 3 rings (SSSR count). The second-order valence-corrected chi connectivity index (χ2v) is 7.33. The number of aliphatic carboxylic acids is 1. The predicted octanol–water partition coefficient (Wildman–Crippen LogP) is 2.55. The Hall–Kier alpha value is -1.67. The Balaban J connectivity index is 1.57. The van der Waals surface area contributed by atoms with E-state index >= 15 is 0 Å². The van der Waals surface area contributed by atoms with Gasteiger partial charge in [0.2, 0.25) is 0 Å². The zero-order valence-corrected chi connectivity index (χ0v) is 16.0. The Morgan fingerprint density at radius 1 is 1.35 bits per heavy atom. The van der Waals surface area contributed by atoms with Gasteiger partial charge in [-0.05, 0) is 32.0 Å². The molecule has 26 heavy (non-hydrogen) atoms. The van der Waals surface area contributed by atoms with Crippen LogP contribution in [-0.4, -0.2) is 68.6 Å². The summed E-state index contributed by atoms with van der Waals surface area (Å²) in [6.07, 6.45) is 3.75. The number of likely N-dealkylation sites (tertiary alicyclic amines) is 1. The molecule has 1 aliphatic rings. The molecule has 2 aromatic rings. The molecule has 1 fully saturated rings. The van der Waals surface area contributed by atoms with E-state index in [0.717, 1.165) is 31.6 Å². The van der Waals surface area contributed by atoms with Gasteiger partial charge >= 0.3 is 5.97 Å². The molecule has 0 saturated carbocycles. The van der Waals surface area contributed by atoms with Crippen molar-refractivity contribution in [3.05, 3.63) is 40.1 Å². The minimum atomic E-state index is -0.786. The minimum Gasteiger partial charge on any atom is -0.480 e. The summed E-state index contributed by atoms with van der Waals surface area (Å²) < 4.78 is 1.64. The smallest absolute Gasteiger partial charge is 0.317 e. The third kappa shape index (κ3) is 4.54. The van der Waals surface area contributed by atoms with Crippen LogP contribution in [0.25, 0.3) is 5.69 Å². The lowest BCUT2D eigenvalue weighted by atomic mass is 10.0. The maximum atomic E-state index is 10.8. The molecule has 0 atom stereocenters. The Morgan fingerprint density at radius 2 is 2.08 bits per heavy atom. The number of likely N-dealkylation sites (N-methyl/N-ethyl adjacent to an activating group) is 1. The molecule has 0 radical (unpaired) electrons. The van der Waals surface area contributed by atoms with Gasteiger partial charge in [-0.25, -0.2) is 4.68 Å². The summed E-state index contributed by atoms with van der Waals surface area (Å²) in [4.78, 5) is 15.1. The summed E-state index contributed by atoms with van der Waals surface area (Å²) in [6, 6.07) is 5.71. The van der Waals surface area contributed by atoms with Gasteiger partial charge in [0.1, 0.15) is 0 Å². The van der Waals surface area contributed by atoms with E-state index < -0.39 is 5.97 Å². The van der Waals surface area contributed by atoms with Crippen molar-refractivity contribution in [2.45, 2.75) is 25.4 Å². The Morgan fingerprint density at radius 3 is 2.77 bits per heavy atom. The van der Waals surface area contributed by atoms with Gasteiger partial charge in [0, 0.05) is 25.7 Å². The van der Waals surface area contributed by atoms with Crippen molar-refractivity contribution in [1.29, 1.82) is 0 Å². The largest absolute Gasteiger partial charge is 0.480 e. The molecule has 0 aliphatic carbocycles. The number of carboxylic acids is 1. The van der Waals surface area contributed by atoms with Crippen LogP contribution in [0.1, 0.15) is 18.5 Å². The van der Waals surface area contributed by atoms with Crippen molar-refractivity contribution in [2.75, 3.05) is 26.7 Å². The topological polar surface area (TPSA) is 74.5 Å². The Kier molecular flexibility index (Phi) is 6.13. The van der Waals surface area contributed by atoms with Crippen LogP contribution in [0.2, 0.25) is 10.0 Å². The number of benzene rings is 1. The lowest BCUT2D eigenvalue weighted by Gasteiger charge is -2.35. The standard InChI is InChI=1S/C17H21Cl2N5O2/c1-22(11-16(25)26)13-5-7-23(8-6-13)9-12-10-24(21-20-12)15-4-2-3-14(18)17(15)19/h2-4,10,13H,5-9,11H2,1H3,(H,25,26). The molecule has 0 bridgehead atoms. The molecule has 1 saturated heterocycles. The molecular weight excluding hydrogens is 377 g/mol. The van der Waals surface area contributed by atoms with Gasteiger partial charge in [-0.1, -0.05) is 34.5 Å². The van der Waals surface area contributed by atoms with E-state index in [4.69, 9.17) is 28.3 Å². The van der Waals surface area contributed by atoms with Crippen LogP contribution in [0.15, 0.2) is 24.4 Å². The number of carbonyl (C=O) groups is 1. The lowest BCUT2D eigenvalue weighted by Crippen LogP contribution is -2.44. The number of hydrogen-bond donors (Lipinski definition) is 1. The molecule has 1 aliphatic heterocycles. The second kappa shape index (κ2) is 8.35. The number of rotatable bonds is 6. The summed E-state index contributed by atoms with van der Waals surface area (Å²) in [6.45, 7) is 2.59. The van der Waals surface area contributed by atoms with E-state index in [1.165, 1.54) is 0 Å². The van der Waals surface area contributed by atoms with Gasteiger partial charge in [-0.3, -0.25) is 14.6 Å². The maximum Gasteiger partial charge on any atom is 0.317 e. The van der Waals surface area contributed by atoms with Crippen molar-refractivity contribution in [3.63, 3.8) is 0 Å². The van der Waals surface area contributed by atoms with Crippen LogP contribution >= 0.6 is 23.2 Å². The quantitative estimate of drug-likeness (QED) is 0.806. The van der Waals surface area contributed by atoms with E-state index in [1.807, 2.05) is 30.3 Å². The van der Waals surface area contributed by atoms with Gasteiger partial charge in [-0.2, -0.15) is 0 Å². The summed E-state index contributed by atoms with van der Waals surface area (Å²) in [5.74, 6) is -0.786. The summed E-state index contributed by atoms with van der Waals surface area (Å²) in [5, 5.41) is 18.2. The van der Waals surface area contributed by atoms with Gasteiger partial charge < -0.3 is 5.11 Å². The molecule has 0 spiro atoms. The number of nitrogens with zero attached hydrogens (tertiary/aromatic N) is 5. The average Bonchev–Trinajstić information content (AvgIpc) is 3.05. The second-order valence-electron chi connectivity index (χ2n) is 6.54. The molecule has 1 aromatic heterocycles. The Bertz CT molecular complexity index is 774. The van der Waals surface area contributed by atoms with Crippen molar-refractivity contribution < 1.29 is 9.90 Å². The highest BCUT2D eigenvalue weighted by atomic mass is 35.5. The molecule has 0 amide bonds. The SMILES string of the molecule is CN(CC(=O)O)C1CCN(Cc2cn(-c3cccc(Cl)c3Cl)nn2)CC1. The summed E-state index contributed by atoms with van der Waals surface area (Å²) in [5.41, 5.74) is 1.56. The minimum absolute atomic E-state index is 0.0827. The molecule has 1 N–H and O–H groups in total. The van der Waals surface area contributed by atoms with Crippen molar-refractivity contribution in [1.82, 2.24) is 24.8 Å². The molecular formula is C17H21Cl2N5O2. The van der Waals surface area contributed by atoms with Crippen LogP contribution in [0, 0.1) is 0 Å². The fraction of sp³-hybridized carbons (Fsp3) is 0.471. The molecule has 2 heterocycles. The normalized spacial score (nSPS) is 16.3. The molecule has 7 nitrogen and oxygen atoms in total. The first kappa shape index (κ1) is 19.1. The van der Waals surface area contributed by atoms with E-state index in [1.54, 1.807) is 10.7 Å². The first-order chi connectivity index (χ1) is 12.4. The van der Waals surface area contributed by atoms with Gasteiger partial charge in [0.05, 0.1) is 34.2 Å². The van der Waals surface area contributed by atoms with Crippen LogP contribution in [0.3, 0.4) is 0 Å². The van der Waals surface area contributed by atoms with Crippen LogP contribution in [-0.2, 0) is 11.3 Å². The monoisotopic (exact) mass is 397 g/mol. The van der Waals surface area contributed by atoms with E-state index in [0.29, 0.717) is 28.3 Å². The zero-order valence-electron chi connectivity index (χ0n) is 14.5. The molecule has 9 heteroatoms. The van der Waals surface area contributed by atoms with Crippen molar-refractivity contribution in [2.24, 2.45) is 0 Å². The number of carboxylic acid groups (broad SMARTS) is 1. The predicted molar refractivity (Wildman–Crippen MR) is 99.9 cm³/mol. The zero-order chi connectivity index (χ0) is 18.7. The van der Waals surface area contributed by atoms with Gasteiger partial charge in [0.25, 0.3) is 0 Å². The van der Waals surface area contributed by atoms with Crippen LogP contribution in [0.5, 0.6) is 0 Å². The van der Waals surface area contributed by atoms with E-state index in [9.17, 15) is 4.79 Å². The number of aromatic nitrogens is 3. The van der Waals surface area contributed by atoms with Crippen molar-refractivity contribution >= 4 is 29.2 Å². The molecule has 0 unspecified atom stereocenters. The molecule has 1 aromatic carbocycles. The number of hydrogen-bond acceptors (Lipinski definition) is 5. The molecule has 140 valence electrons. The number of piperidine rings is 1. The maximum absolute atomic E-state index is 10.8. The highest BCUT2D eigenvalue weighted by Crippen LogP contribution is 2.28.